The highest BCUT2D eigenvalue weighted by Crippen LogP contribution is 2.43. The average molecular weight is 284 g/mol. The van der Waals surface area contributed by atoms with Crippen LogP contribution in [0.5, 0.6) is 0 Å². The highest BCUT2D eigenvalue weighted by Gasteiger charge is 2.48. The Balaban J connectivity index is 2.70. The van der Waals surface area contributed by atoms with Crippen molar-refractivity contribution in [3.8, 4) is 0 Å². The molecule has 3 N–H and O–H groups in total. The highest BCUT2D eigenvalue weighted by atomic mass is 19.4. The molecule has 0 spiro atoms. The van der Waals surface area contributed by atoms with Crippen molar-refractivity contribution in [2.75, 3.05) is 13.1 Å². The SMILES string of the molecule is NC1(c2c(C(F)(F)F)cccc2C(F)(F)F)CNC1. The number of halogens is 6. The predicted molar refractivity (Wildman–Crippen MR) is 55.2 cm³/mol. The van der Waals surface area contributed by atoms with Crippen LogP contribution in [-0.4, -0.2) is 13.1 Å². The van der Waals surface area contributed by atoms with Gasteiger partial charge in [0.25, 0.3) is 0 Å². The van der Waals surface area contributed by atoms with Crippen LogP contribution in [0.25, 0.3) is 0 Å². The first-order valence-electron chi connectivity index (χ1n) is 5.33. The van der Waals surface area contributed by atoms with Crippen LogP contribution in [0.4, 0.5) is 26.3 Å². The van der Waals surface area contributed by atoms with Gasteiger partial charge in [0.2, 0.25) is 0 Å². The van der Waals surface area contributed by atoms with Crippen LogP contribution in [0.3, 0.4) is 0 Å². The number of benzene rings is 1. The second-order valence-corrected chi connectivity index (χ2v) is 4.48. The fourth-order valence-corrected chi connectivity index (χ4v) is 2.13. The van der Waals surface area contributed by atoms with Gasteiger partial charge >= 0.3 is 12.4 Å². The molecule has 19 heavy (non-hydrogen) atoms. The van der Waals surface area contributed by atoms with Gasteiger partial charge in [0.15, 0.2) is 0 Å². The molecule has 0 atom stereocenters. The van der Waals surface area contributed by atoms with Gasteiger partial charge in [0, 0.05) is 13.1 Å². The Bertz CT molecular complexity index is 455. The lowest BCUT2D eigenvalue weighted by Gasteiger charge is -2.42. The summed E-state index contributed by atoms with van der Waals surface area (Å²) in [5, 5.41) is 2.60. The smallest absolute Gasteiger partial charge is 0.319 e. The molecule has 0 unspecified atom stereocenters. The van der Waals surface area contributed by atoms with Gasteiger partial charge in [-0.25, -0.2) is 0 Å². The number of rotatable bonds is 1. The Labute approximate surface area is 104 Å². The van der Waals surface area contributed by atoms with Gasteiger partial charge in [0.05, 0.1) is 16.7 Å². The van der Waals surface area contributed by atoms with E-state index < -0.39 is 34.6 Å². The summed E-state index contributed by atoms with van der Waals surface area (Å²) in [6, 6.07) is 1.99. The second-order valence-electron chi connectivity index (χ2n) is 4.48. The summed E-state index contributed by atoms with van der Waals surface area (Å²) in [5.74, 6) is 0. The summed E-state index contributed by atoms with van der Waals surface area (Å²) in [6.45, 7) is -0.244. The zero-order valence-corrected chi connectivity index (χ0v) is 9.49. The average Bonchev–Trinajstić information content (AvgIpc) is 2.22. The summed E-state index contributed by atoms with van der Waals surface area (Å²) in [6.07, 6.45) is -9.75. The van der Waals surface area contributed by atoms with Crippen molar-refractivity contribution in [3.63, 3.8) is 0 Å². The van der Waals surface area contributed by atoms with Gasteiger partial charge in [-0.05, 0) is 17.7 Å². The first kappa shape index (κ1) is 14.1. The van der Waals surface area contributed by atoms with E-state index in [2.05, 4.69) is 5.32 Å². The molecule has 1 fully saturated rings. The largest absolute Gasteiger partial charge is 0.416 e. The molecule has 0 aromatic heterocycles. The summed E-state index contributed by atoms with van der Waals surface area (Å²) in [5.41, 5.74) is 0.479. The predicted octanol–water partition coefficient (Wildman–Crippen LogP) is 2.48. The zero-order chi connectivity index (χ0) is 14.5. The van der Waals surface area contributed by atoms with Crippen molar-refractivity contribution in [1.82, 2.24) is 5.32 Å². The van der Waals surface area contributed by atoms with E-state index in [4.69, 9.17) is 5.73 Å². The van der Waals surface area contributed by atoms with E-state index in [0.717, 1.165) is 6.07 Å². The maximum atomic E-state index is 12.9. The molecule has 0 bridgehead atoms. The summed E-state index contributed by atoms with van der Waals surface area (Å²) in [4.78, 5) is 0. The summed E-state index contributed by atoms with van der Waals surface area (Å²) < 4.78 is 77.2. The van der Waals surface area contributed by atoms with Crippen molar-refractivity contribution >= 4 is 0 Å². The van der Waals surface area contributed by atoms with E-state index in [1.165, 1.54) is 0 Å². The molecular formula is C11H10F6N2. The summed E-state index contributed by atoms with van der Waals surface area (Å²) in [7, 11) is 0. The van der Waals surface area contributed by atoms with Crippen molar-refractivity contribution < 1.29 is 26.3 Å². The molecule has 0 radical (unpaired) electrons. The van der Waals surface area contributed by atoms with Gasteiger partial charge in [0.1, 0.15) is 0 Å². The maximum absolute atomic E-state index is 12.9. The monoisotopic (exact) mass is 284 g/mol. The lowest BCUT2D eigenvalue weighted by Crippen LogP contribution is -2.64. The standard InChI is InChI=1S/C11H10F6N2/c12-10(13,14)6-2-1-3-7(11(15,16)17)8(6)9(18)4-19-5-9/h1-3,19H,4-5,18H2. The molecule has 0 amide bonds. The van der Waals surface area contributed by atoms with Gasteiger partial charge < -0.3 is 11.1 Å². The fourth-order valence-electron chi connectivity index (χ4n) is 2.13. The lowest BCUT2D eigenvalue weighted by molar-refractivity contribution is -0.145. The highest BCUT2D eigenvalue weighted by molar-refractivity contribution is 5.45. The third-order valence-corrected chi connectivity index (χ3v) is 3.05. The lowest BCUT2D eigenvalue weighted by atomic mass is 9.79. The second kappa shape index (κ2) is 4.11. The maximum Gasteiger partial charge on any atom is 0.416 e. The molecular weight excluding hydrogens is 274 g/mol. The van der Waals surface area contributed by atoms with E-state index >= 15 is 0 Å². The van der Waals surface area contributed by atoms with Crippen LogP contribution < -0.4 is 11.1 Å². The molecule has 2 rings (SSSR count). The third-order valence-electron chi connectivity index (χ3n) is 3.05. The summed E-state index contributed by atoms with van der Waals surface area (Å²) >= 11 is 0. The van der Waals surface area contributed by atoms with Gasteiger partial charge in [-0.1, -0.05) is 6.07 Å². The number of nitrogens with two attached hydrogens (primary N) is 1. The van der Waals surface area contributed by atoms with Crippen LogP contribution in [-0.2, 0) is 17.9 Å². The quantitative estimate of drug-likeness (QED) is 0.778. The Kier molecular flexibility index (Phi) is 3.06. The number of hydrogen-bond donors (Lipinski definition) is 2. The molecule has 0 saturated carbocycles. The van der Waals surface area contributed by atoms with Crippen LogP contribution in [0.2, 0.25) is 0 Å². The van der Waals surface area contributed by atoms with E-state index in [-0.39, 0.29) is 13.1 Å². The third kappa shape index (κ3) is 2.42. The molecule has 106 valence electrons. The van der Waals surface area contributed by atoms with Crippen LogP contribution in [0, 0.1) is 0 Å². The van der Waals surface area contributed by atoms with E-state index in [1.807, 2.05) is 0 Å². The minimum atomic E-state index is -4.88. The first-order chi connectivity index (χ1) is 8.56. The number of hydrogen-bond acceptors (Lipinski definition) is 2. The minimum Gasteiger partial charge on any atom is -0.319 e. The first-order valence-corrected chi connectivity index (χ1v) is 5.33. The fraction of sp³-hybridized carbons (Fsp3) is 0.455. The van der Waals surface area contributed by atoms with Crippen molar-refractivity contribution in [1.29, 1.82) is 0 Å². The Morgan fingerprint density at radius 3 is 1.63 bits per heavy atom. The van der Waals surface area contributed by atoms with E-state index in [9.17, 15) is 26.3 Å². The molecule has 1 aliphatic heterocycles. The van der Waals surface area contributed by atoms with Gasteiger partial charge in [-0.15, -0.1) is 0 Å². The van der Waals surface area contributed by atoms with Gasteiger partial charge in [-0.3, -0.25) is 0 Å². The van der Waals surface area contributed by atoms with Gasteiger partial charge in [-0.2, -0.15) is 26.3 Å². The zero-order valence-electron chi connectivity index (χ0n) is 9.49. The minimum absolute atomic E-state index is 0.122. The van der Waals surface area contributed by atoms with Crippen LogP contribution in [0.15, 0.2) is 18.2 Å². The van der Waals surface area contributed by atoms with E-state index in [0.29, 0.717) is 12.1 Å². The number of alkyl halides is 6. The van der Waals surface area contributed by atoms with Crippen LogP contribution >= 0.6 is 0 Å². The Hall–Kier alpha value is -1.28. The molecule has 1 saturated heterocycles. The molecule has 1 aromatic rings. The van der Waals surface area contributed by atoms with Crippen molar-refractivity contribution in [3.05, 3.63) is 34.9 Å². The normalized spacial score (nSPS) is 19.1. The number of nitrogens with one attached hydrogen (secondary N) is 1. The Morgan fingerprint density at radius 2 is 1.37 bits per heavy atom. The van der Waals surface area contributed by atoms with Crippen molar-refractivity contribution in [2.24, 2.45) is 5.73 Å². The molecule has 0 aliphatic carbocycles. The molecule has 8 heteroatoms. The van der Waals surface area contributed by atoms with E-state index in [1.54, 1.807) is 0 Å². The molecule has 1 aliphatic rings. The topological polar surface area (TPSA) is 38.0 Å². The van der Waals surface area contributed by atoms with Crippen molar-refractivity contribution in [2.45, 2.75) is 17.9 Å². The molecule has 2 nitrogen and oxygen atoms in total. The van der Waals surface area contributed by atoms with Crippen LogP contribution in [0.1, 0.15) is 16.7 Å². The Morgan fingerprint density at radius 1 is 0.947 bits per heavy atom. The molecule has 1 aromatic carbocycles. The molecule has 1 heterocycles.